The molecule has 0 spiro atoms. The van der Waals surface area contributed by atoms with Crippen molar-refractivity contribution in [3.63, 3.8) is 0 Å². The Bertz CT molecular complexity index is 663. The first-order valence-corrected chi connectivity index (χ1v) is 12.2. The summed E-state index contributed by atoms with van der Waals surface area (Å²) < 4.78 is 0. The molecular formula is C27H43B. The third kappa shape index (κ3) is 2.70. The molecule has 0 saturated heterocycles. The molecule has 4 aliphatic rings. The van der Waals surface area contributed by atoms with Gasteiger partial charge in [-0.05, 0) is 110 Å². The maximum absolute atomic E-state index is 7.55. The van der Waals surface area contributed by atoms with E-state index in [2.05, 4.69) is 34.3 Å². The van der Waals surface area contributed by atoms with Crippen LogP contribution in [0.2, 0.25) is 5.31 Å². The van der Waals surface area contributed by atoms with Gasteiger partial charge in [-0.1, -0.05) is 44.8 Å². The highest BCUT2D eigenvalue weighted by Gasteiger charge is 2.67. The minimum absolute atomic E-state index is 0.123. The third-order valence-corrected chi connectivity index (χ3v) is 10.9. The minimum Gasteiger partial charge on any atom is -0.100 e. The fourth-order valence-electron chi connectivity index (χ4n) is 8.98. The summed E-state index contributed by atoms with van der Waals surface area (Å²) in [6.45, 7) is 18.8. The zero-order chi connectivity index (χ0) is 20.4. The van der Waals surface area contributed by atoms with Crippen molar-refractivity contribution in [1.82, 2.24) is 0 Å². The number of allylic oxidation sites excluding steroid dienone is 2. The summed E-state index contributed by atoms with van der Waals surface area (Å²) in [5, 5.41) is -0.123. The minimum atomic E-state index is -0.123. The molecule has 4 aliphatic carbocycles. The highest BCUT2D eigenvalue weighted by Crippen LogP contribution is 2.78. The third-order valence-electron chi connectivity index (χ3n) is 10.9. The molecule has 154 valence electrons. The Hall–Kier alpha value is -0.455. The second-order valence-electron chi connectivity index (χ2n) is 12.2. The molecule has 7 unspecified atom stereocenters. The van der Waals surface area contributed by atoms with Crippen molar-refractivity contribution >= 4 is 7.85 Å². The van der Waals surface area contributed by atoms with Crippen LogP contribution in [0, 0.1) is 34.0 Å². The molecule has 0 heterocycles. The van der Waals surface area contributed by atoms with E-state index in [0.29, 0.717) is 28.1 Å². The van der Waals surface area contributed by atoms with Gasteiger partial charge in [0.2, 0.25) is 0 Å². The van der Waals surface area contributed by atoms with Gasteiger partial charge in [0.25, 0.3) is 0 Å². The van der Waals surface area contributed by atoms with Crippen LogP contribution in [-0.2, 0) is 0 Å². The summed E-state index contributed by atoms with van der Waals surface area (Å²) in [5.41, 5.74) is 3.99. The van der Waals surface area contributed by atoms with Gasteiger partial charge in [-0.25, -0.2) is 0 Å². The van der Waals surface area contributed by atoms with Gasteiger partial charge in [-0.2, -0.15) is 0 Å². The van der Waals surface area contributed by atoms with Gasteiger partial charge in [0, 0.05) is 0 Å². The van der Waals surface area contributed by atoms with Crippen molar-refractivity contribution in [2.24, 2.45) is 34.0 Å². The SMILES string of the molecule is [B]C12C(=C)CC3(C)CCCCC3(C)C1CCC1(C)C(CCCC(=C)C)CCC12. The van der Waals surface area contributed by atoms with Gasteiger partial charge >= 0.3 is 0 Å². The predicted molar refractivity (Wildman–Crippen MR) is 123 cm³/mol. The molecule has 0 aromatic carbocycles. The number of fused-ring (bicyclic) bond motifs is 5. The summed E-state index contributed by atoms with van der Waals surface area (Å²) in [6.07, 6.45) is 16.0. The molecule has 0 aromatic heterocycles. The average Bonchev–Trinajstić information content (AvgIpc) is 2.94. The Balaban J connectivity index is 1.63. The predicted octanol–water partition coefficient (Wildman–Crippen LogP) is 8.05. The Morgan fingerprint density at radius 1 is 1.04 bits per heavy atom. The molecule has 0 N–H and O–H groups in total. The van der Waals surface area contributed by atoms with E-state index in [4.69, 9.17) is 14.4 Å². The van der Waals surface area contributed by atoms with Crippen LogP contribution in [0.25, 0.3) is 0 Å². The van der Waals surface area contributed by atoms with E-state index in [1.165, 1.54) is 88.2 Å². The van der Waals surface area contributed by atoms with E-state index >= 15 is 0 Å². The quantitative estimate of drug-likeness (QED) is 0.343. The van der Waals surface area contributed by atoms with Crippen LogP contribution >= 0.6 is 0 Å². The standard InChI is InChI=1S/C27H43B/c1-19(2)10-9-11-21-12-13-22-25(21,5)17-14-23-26(6)16-8-7-15-24(26,4)18-20(3)27(22,23)28/h21-23H,1,3,7-18H2,2,4-6H3. The Morgan fingerprint density at radius 2 is 1.75 bits per heavy atom. The van der Waals surface area contributed by atoms with Crippen LogP contribution in [0.5, 0.6) is 0 Å². The largest absolute Gasteiger partial charge is 0.100 e. The molecule has 1 heteroatoms. The van der Waals surface area contributed by atoms with E-state index < -0.39 is 0 Å². The number of hydrogen-bond donors (Lipinski definition) is 0. The fraction of sp³-hybridized carbons (Fsp3) is 0.852. The molecular weight excluding hydrogens is 335 g/mol. The zero-order valence-electron chi connectivity index (χ0n) is 19.2. The summed E-state index contributed by atoms with van der Waals surface area (Å²) >= 11 is 0. The molecule has 0 nitrogen and oxygen atoms in total. The highest BCUT2D eigenvalue weighted by molar-refractivity contribution is 6.18. The van der Waals surface area contributed by atoms with Gasteiger partial charge in [-0.3, -0.25) is 0 Å². The van der Waals surface area contributed by atoms with E-state index in [9.17, 15) is 0 Å². The number of hydrogen-bond acceptors (Lipinski definition) is 0. The van der Waals surface area contributed by atoms with Crippen LogP contribution < -0.4 is 0 Å². The molecule has 4 rings (SSSR count). The van der Waals surface area contributed by atoms with Gasteiger partial charge < -0.3 is 0 Å². The van der Waals surface area contributed by atoms with E-state index in [1.807, 2.05) is 0 Å². The van der Waals surface area contributed by atoms with E-state index in [0.717, 1.165) is 5.92 Å². The second-order valence-corrected chi connectivity index (χ2v) is 12.2. The number of rotatable bonds is 4. The fourth-order valence-corrected chi connectivity index (χ4v) is 8.98. The summed E-state index contributed by atoms with van der Waals surface area (Å²) in [6, 6.07) is 0. The molecule has 0 aromatic rings. The lowest BCUT2D eigenvalue weighted by Crippen LogP contribution is -2.60. The summed E-state index contributed by atoms with van der Waals surface area (Å²) in [4.78, 5) is 0. The van der Waals surface area contributed by atoms with E-state index in [-0.39, 0.29) is 5.31 Å². The van der Waals surface area contributed by atoms with Crippen LogP contribution in [0.15, 0.2) is 24.3 Å². The molecule has 0 aliphatic heterocycles. The molecule has 7 atom stereocenters. The average molecular weight is 378 g/mol. The van der Waals surface area contributed by atoms with Crippen molar-refractivity contribution < 1.29 is 0 Å². The first kappa shape index (κ1) is 20.8. The van der Waals surface area contributed by atoms with Crippen molar-refractivity contribution in [1.29, 1.82) is 0 Å². The topological polar surface area (TPSA) is 0 Å². The zero-order valence-corrected chi connectivity index (χ0v) is 19.2. The molecule has 0 amide bonds. The first-order valence-electron chi connectivity index (χ1n) is 12.2. The van der Waals surface area contributed by atoms with Crippen LogP contribution in [0.4, 0.5) is 0 Å². The lowest BCUT2D eigenvalue weighted by Gasteiger charge is -2.70. The van der Waals surface area contributed by atoms with Crippen molar-refractivity contribution in [2.75, 3.05) is 0 Å². The maximum atomic E-state index is 7.55. The molecule has 28 heavy (non-hydrogen) atoms. The first-order chi connectivity index (χ1) is 13.1. The smallest absolute Gasteiger partial charge is 0.0813 e. The Kier molecular flexibility index (Phi) is 5.04. The van der Waals surface area contributed by atoms with Gasteiger partial charge in [0.05, 0.1) is 7.85 Å². The molecule has 0 bridgehead atoms. The van der Waals surface area contributed by atoms with Gasteiger partial charge in [-0.15, -0.1) is 13.2 Å². The lowest BCUT2D eigenvalue weighted by molar-refractivity contribution is -0.121. The lowest BCUT2D eigenvalue weighted by atomic mass is 9.30. The van der Waals surface area contributed by atoms with Crippen molar-refractivity contribution in [2.45, 2.75) is 110 Å². The Labute approximate surface area is 176 Å². The van der Waals surface area contributed by atoms with Crippen LogP contribution in [-0.4, -0.2) is 7.85 Å². The highest BCUT2D eigenvalue weighted by atomic mass is 14.7. The summed E-state index contributed by atoms with van der Waals surface area (Å²) in [5.74, 6) is 2.13. The van der Waals surface area contributed by atoms with Crippen molar-refractivity contribution in [3.8, 4) is 0 Å². The van der Waals surface area contributed by atoms with Crippen LogP contribution in [0.3, 0.4) is 0 Å². The maximum Gasteiger partial charge on any atom is 0.0813 e. The Morgan fingerprint density at radius 3 is 2.46 bits per heavy atom. The van der Waals surface area contributed by atoms with Crippen LogP contribution in [0.1, 0.15) is 105 Å². The van der Waals surface area contributed by atoms with Gasteiger partial charge in [0.15, 0.2) is 0 Å². The molecule has 4 fully saturated rings. The normalized spacial score (nSPS) is 50.6. The summed E-state index contributed by atoms with van der Waals surface area (Å²) in [7, 11) is 7.55. The second kappa shape index (κ2) is 6.78. The molecule has 4 saturated carbocycles. The van der Waals surface area contributed by atoms with Crippen molar-refractivity contribution in [3.05, 3.63) is 24.3 Å². The molecule has 2 radical (unpaired) electrons. The monoisotopic (exact) mass is 378 g/mol. The van der Waals surface area contributed by atoms with Gasteiger partial charge in [0.1, 0.15) is 0 Å². The van der Waals surface area contributed by atoms with E-state index in [1.54, 1.807) is 0 Å².